The predicted octanol–water partition coefficient (Wildman–Crippen LogP) is 4.34. The highest BCUT2D eigenvalue weighted by molar-refractivity contribution is 9.10. The quantitative estimate of drug-likeness (QED) is 0.732. The van der Waals surface area contributed by atoms with E-state index < -0.39 is 5.82 Å². The van der Waals surface area contributed by atoms with Gasteiger partial charge in [0, 0.05) is 5.56 Å². The first-order chi connectivity index (χ1) is 8.39. The topological polar surface area (TPSA) is 25.8 Å². The minimum absolute atomic E-state index is 0.0866. The van der Waals surface area contributed by atoms with Crippen LogP contribution in [0.2, 0.25) is 0 Å². The largest absolute Gasteiger partial charge is 0.233 e. The standard InChI is InChI=1S/C14H14BrFN2/c1-14(2,3)10-6-4-9(5-7-10)12-11(16)13(15)18-8-17-12/h4-8H,1-3H3. The summed E-state index contributed by atoms with van der Waals surface area (Å²) in [4.78, 5) is 7.74. The maximum atomic E-state index is 13.8. The number of benzene rings is 1. The smallest absolute Gasteiger partial charge is 0.182 e. The van der Waals surface area contributed by atoms with Gasteiger partial charge in [-0.05, 0) is 26.9 Å². The zero-order valence-corrected chi connectivity index (χ0v) is 12.1. The van der Waals surface area contributed by atoms with Gasteiger partial charge >= 0.3 is 0 Å². The number of rotatable bonds is 1. The highest BCUT2D eigenvalue weighted by Crippen LogP contribution is 2.27. The Balaban J connectivity index is 2.44. The molecule has 1 heterocycles. The zero-order chi connectivity index (χ0) is 13.3. The first kappa shape index (κ1) is 13.1. The van der Waals surface area contributed by atoms with Crippen molar-refractivity contribution in [2.75, 3.05) is 0 Å². The van der Waals surface area contributed by atoms with E-state index in [2.05, 4.69) is 46.7 Å². The Bertz CT molecular complexity index is 559. The number of nitrogens with zero attached hydrogens (tertiary/aromatic N) is 2. The molecule has 18 heavy (non-hydrogen) atoms. The molecule has 0 spiro atoms. The lowest BCUT2D eigenvalue weighted by atomic mass is 9.86. The minimum atomic E-state index is -0.430. The van der Waals surface area contributed by atoms with Crippen LogP contribution in [0.4, 0.5) is 4.39 Å². The predicted molar refractivity (Wildman–Crippen MR) is 73.8 cm³/mol. The second-order valence-corrected chi connectivity index (χ2v) is 5.91. The summed E-state index contributed by atoms with van der Waals surface area (Å²) in [5.41, 5.74) is 2.37. The highest BCUT2D eigenvalue weighted by Gasteiger charge is 2.15. The molecule has 0 aliphatic carbocycles. The van der Waals surface area contributed by atoms with Gasteiger partial charge in [-0.2, -0.15) is 0 Å². The first-order valence-corrected chi connectivity index (χ1v) is 6.46. The van der Waals surface area contributed by atoms with Crippen LogP contribution in [0.25, 0.3) is 11.3 Å². The maximum absolute atomic E-state index is 13.8. The molecule has 1 aromatic heterocycles. The lowest BCUT2D eigenvalue weighted by molar-refractivity contribution is 0.590. The van der Waals surface area contributed by atoms with Gasteiger partial charge in [-0.3, -0.25) is 0 Å². The van der Waals surface area contributed by atoms with Crippen molar-refractivity contribution < 1.29 is 4.39 Å². The second kappa shape index (κ2) is 4.76. The van der Waals surface area contributed by atoms with Crippen molar-refractivity contribution in [3.63, 3.8) is 0 Å². The summed E-state index contributed by atoms with van der Waals surface area (Å²) in [6.07, 6.45) is 1.35. The SMILES string of the molecule is CC(C)(C)c1ccc(-c2ncnc(Br)c2F)cc1. The van der Waals surface area contributed by atoms with Crippen molar-refractivity contribution in [1.29, 1.82) is 0 Å². The van der Waals surface area contributed by atoms with E-state index in [0.29, 0.717) is 5.69 Å². The zero-order valence-electron chi connectivity index (χ0n) is 10.5. The molecule has 0 aliphatic heterocycles. The molecule has 94 valence electrons. The van der Waals surface area contributed by atoms with Gasteiger partial charge in [0.1, 0.15) is 16.6 Å². The van der Waals surface area contributed by atoms with E-state index in [9.17, 15) is 4.39 Å². The molecule has 0 saturated heterocycles. The van der Waals surface area contributed by atoms with Crippen LogP contribution in [0, 0.1) is 5.82 Å². The van der Waals surface area contributed by atoms with Crippen LogP contribution in [-0.4, -0.2) is 9.97 Å². The summed E-state index contributed by atoms with van der Waals surface area (Å²) in [6, 6.07) is 7.78. The van der Waals surface area contributed by atoms with E-state index >= 15 is 0 Å². The third-order valence-electron chi connectivity index (χ3n) is 2.77. The molecule has 0 bridgehead atoms. The molecule has 2 nitrogen and oxygen atoms in total. The van der Waals surface area contributed by atoms with E-state index in [0.717, 1.165) is 5.56 Å². The third kappa shape index (κ3) is 2.58. The Labute approximate surface area is 114 Å². The lowest BCUT2D eigenvalue weighted by Crippen LogP contribution is -2.10. The van der Waals surface area contributed by atoms with Crippen molar-refractivity contribution in [1.82, 2.24) is 9.97 Å². The van der Waals surface area contributed by atoms with E-state index in [-0.39, 0.29) is 10.0 Å². The molecular weight excluding hydrogens is 295 g/mol. The fourth-order valence-corrected chi connectivity index (χ4v) is 1.96. The molecule has 0 fully saturated rings. The Morgan fingerprint density at radius 1 is 1.06 bits per heavy atom. The molecule has 1 aromatic carbocycles. The number of aromatic nitrogens is 2. The van der Waals surface area contributed by atoms with Crippen molar-refractivity contribution in [2.45, 2.75) is 26.2 Å². The Morgan fingerprint density at radius 2 is 1.67 bits per heavy atom. The summed E-state index contributed by atoms with van der Waals surface area (Å²) < 4.78 is 14.0. The summed E-state index contributed by atoms with van der Waals surface area (Å²) in [5, 5.41) is 0. The highest BCUT2D eigenvalue weighted by atomic mass is 79.9. The van der Waals surface area contributed by atoms with Crippen LogP contribution in [0.1, 0.15) is 26.3 Å². The molecule has 4 heteroatoms. The molecule has 0 N–H and O–H groups in total. The van der Waals surface area contributed by atoms with Gasteiger partial charge in [0.15, 0.2) is 5.82 Å². The van der Waals surface area contributed by atoms with Crippen LogP contribution in [-0.2, 0) is 5.41 Å². The number of hydrogen-bond donors (Lipinski definition) is 0. The fraction of sp³-hybridized carbons (Fsp3) is 0.286. The van der Waals surface area contributed by atoms with Gasteiger partial charge < -0.3 is 0 Å². The van der Waals surface area contributed by atoms with Crippen LogP contribution in [0.15, 0.2) is 35.2 Å². The van der Waals surface area contributed by atoms with Crippen LogP contribution in [0.5, 0.6) is 0 Å². The van der Waals surface area contributed by atoms with Gasteiger partial charge in [0.2, 0.25) is 0 Å². The normalized spacial score (nSPS) is 11.6. The van der Waals surface area contributed by atoms with E-state index in [4.69, 9.17) is 0 Å². The molecule has 0 atom stereocenters. The second-order valence-electron chi connectivity index (χ2n) is 5.15. The average Bonchev–Trinajstić information content (AvgIpc) is 2.32. The molecule has 0 aliphatic rings. The van der Waals surface area contributed by atoms with Crippen molar-refractivity contribution in [3.05, 3.63) is 46.6 Å². The lowest BCUT2D eigenvalue weighted by Gasteiger charge is -2.19. The Morgan fingerprint density at radius 3 is 2.22 bits per heavy atom. The summed E-state index contributed by atoms with van der Waals surface area (Å²) >= 11 is 3.06. The summed E-state index contributed by atoms with van der Waals surface area (Å²) in [6.45, 7) is 6.43. The molecule has 0 radical (unpaired) electrons. The molecular formula is C14H14BrFN2. The van der Waals surface area contributed by atoms with Crippen molar-refractivity contribution >= 4 is 15.9 Å². The molecule has 2 aromatic rings. The summed E-state index contributed by atoms with van der Waals surface area (Å²) in [5.74, 6) is -0.430. The Hall–Kier alpha value is -1.29. The molecule has 0 amide bonds. The van der Waals surface area contributed by atoms with Gasteiger partial charge in [0.05, 0.1) is 0 Å². The minimum Gasteiger partial charge on any atom is -0.233 e. The average molecular weight is 309 g/mol. The fourth-order valence-electron chi connectivity index (χ4n) is 1.68. The summed E-state index contributed by atoms with van der Waals surface area (Å²) in [7, 11) is 0. The van der Waals surface area contributed by atoms with Crippen LogP contribution >= 0.6 is 15.9 Å². The van der Waals surface area contributed by atoms with Gasteiger partial charge in [0.25, 0.3) is 0 Å². The number of halogens is 2. The van der Waals surface area contributed by atoms with Crippen molar-refractivity contribution in [3.8, 4) is 11.3 Å². The van der Waals surface area contributed by atoms with E-state index in [1.54, 1.807) is 0 Å². The Kier molecular flexibility index (Phi) is 3.48. The van der Waals surface area contributed by atoms with Crippen molar-refractivity contribution in [2.24, 2.45) is 0 Å². The van der Waals surface area contributed by atoms with E-state index in [1.165, 1.54) is 11.9 Å². The van der Waals surface area contributed by atoms with Crippen LogP contribution in [0.3, 0.4) is 0 Å². The van der Waals surface area contributed by atoms with Gasteiger partial charge in [-0.1, -0.05) is 45.0 Å². The molecule has 0 saturated carbocycles. The van der Waals surface area contributed by atoms with Crippen LogP contribution < -0.4 is 0 Å². The monoisotopic (exact) mass is 308 g/mol. The maximum Gasteiger partial charge on any atom is 0.182 e. The van der Waals surface area contributed by atoms with Gasteiger partial charge in [-0.25, -0.2) is 14.4 Å². The third-order valence-corrected chi connectivity index (χ3v) is 3.32. The molecule has 2 rings (SSSR count). The first-order valence-electron chi connectivity index (χ1n) is 5.66. The van der Waals surface area contributed by atoms with E-state index in [1.807, 2.05) is 24.3 Å². The number of hydrogen-bond acceptors (Lipinski definition) is 2. The van der Waals surface area contributed by atoms with Gasteiger partial charge in [-0.15, -0.1) is 0 Å². The molecule has 0 unspecified atom stereocenters.